The Morgan fingerprint density at radius 3 is 2.61 bits per heavy atom. The van der Waals surface area contributed by atoms with Crippen LogP contribution in [0.25, 0.3) is 10.8 Å². The van der Waals surface area contributed by atoms with E-state index in [9.17, 15) is 0 Å². The van der Waals surface area contributed by atoms with Gasteiger partial charge in [0.25, 0.3) is 0 Å². The molecule has 0 N–H and O–H groups in total. The van der Waals surface area contributed by atoms with Crippen molar-refractivity contribution in [3.8, 4) is 11.8 Å². The smallest absolute Gasteiger partial charge is 0.127 e. The number of hydrogen-bond donors (Lipinski definition) is 0. The minimum atomic E-state index is 0.588. The lowest BCUT2D eigenvalue weighted by molar-refractivity contribution is 0.311. The van der Waals surface area contributed by atoms with Crippen LogP contribution < -0.4 is 4.74 Å². The van der Waals surface area contributed by atoms with Crippen molar-refractivity contribution < 1.29 is 4.74 Å². The molecule has 0 aliphatic carbocycles. The van der Waals surface area contributed by atoms with E-state index in [4.69, 9.17) is 21.6 Å². The molecule has 0 aliphatic rings. The molecule has 3 heteroatoms. The van der Waals surface area contributed by atoms with E-state index in [0.717, 1.165) is 34.4 Å². The summed E-state index contributed by atoms with van der Waals surface area (Å²) in [6, 6.07) is 13.8. The summed E-state index contributed by atoms with van der Waals surface area (Å²) in [6.07, 6.45) is 2.36. The van der Waals surface area contributed by atoms with Crippen LogP contribution in [0.5, 0.6) is 5.75 Å². The van der Waals surface area contributed by atoms with Crippen molar-refractivity contribution in [2.75, 3.05) is 6.61 Å². The standard InChI is InChI=1S/C15H14ClNO/c16-14-8-9-15(18-11-5-1-4-10-17)13-7-3-2-6-12(13)14/h2-3,6-9H,1,4-5,11H2. The van der Waals surface area contributed by atoms with Gasteiger partial charge in [-0.2, -0.15) is 5.26 Å². The van der Waals surface area contributed by atoms with Crippen molar-refractivity contribution >= 4 is 22.4 Å². The van der Waals surface area contributed by atoms with E-state index in [1.54, 1.807) is 0 Å². The summed E-state index contributed by atoms with van der Waals surface area (Å²) in [5.74, 6) is 0.854. The number of hydrogen-bond acceptors (Lipinski definition) is 2. The molecular weight excluding hydrogens is 246 g/mol. The van der Waals surface area contributed by atoms with Gasteiger partial charge in [-0.25, -0.2) is 0 Å². The summed E-state index contributed by atoms with van der Waals surface area (Å²) < 4.78 is 5.75. The Balaban J connectivity index is 2.09. The number of nitriles is 1. The molecule has 0 atom stereocenters. The van der Waals surface area contributed by atoms with Gasteiger partial charge in [0.2, 0.25) is 0 Å². The highest BCUT2D eigenvalue weighted by molar-refractivity contribution is 6.35. The van der Waals surface area contributed by atoms with E-state index in [-0.39, 0.29) is 0 Å². The van der Waals surface area contributed by atoms with Gasteiger partial charge in [0.15, 0.2) is 0 Å². The number of ether oxygens (including phenoxy) is 1. The molecule has 0 fully saturated rings. The van der Waals surface area contributed by atoms with Gasteiger partial charge in [-0.05, 0) is 25.0 Å². The van der Waals surface area contributed by atoms with Crippen molar-refractivity contribution in [2.24, 2.45) is 0 Å². The first-order valence-corrected chi connectivity index (χ1v) is 6.37. The van der Waals surface area contributed by atoms with Crippen LogP contribution in [0, 0.1) is 11.3 Å². The molecule has 2 aromatic rings. The molecule has 0 aromatic heterocycles. The lowest BCUT2D eigenvalue weighted by atomic mass is 10.1. The summed E-state index contributed by atoms with van der Waals surface area (Å²) in [5.41, 5.74) is 0. The van der Waals surface area contributed by atoms with Crippen LogP contribution in [0.4, 0.5) is 0 Å². The minimum Gasteiger partial charge on any atom is -0.493 e. The van der Waals surface area contributed by atoms with E-state index in [1.807, 2.05) is 36.4 Å². The third-order valence-corrected chi connectivity index (χ3v) is 3.10. The maximum atomic E-state index is 8.45. The molecule has 0 amide bonds. The molecule has 0 saturated carbocycles. The second-order valence-electron chi connectivity index (χ2n) is 4.05. The second-order valence-corrected chi connectivity index (χ2v) is 4.46. The van der Waals surface area contributed by atoms with E-state index < -0.39 is 0 Å². The zero-order valence-corrected chi connectivity index (χ0v) is 10.8. The molecule has 18 heavy (non-hydrogen) atoms. The van der Waals surface area contributed by atoms with Crippen molar-refractivity contribution in [1.82, 2.24) is 0 Å². The molecule has 0 unspecified atom stereocenters. The Hall–Kier alpha value is -1.72. The molecule has 2 aromatic carbocycles. The maximum Gasteiger partial charge on any atom is 0.127 e. The fourth-order valence-electron chi connectivity index (χ4n) is 1.85. The normalized spacial score (nSPS) is 10.2. The summed E-state index contributed by atoms with van der Waals surface area (Å²) in [7, 11) is 0. The first-order chi connectivity index (χ1) is 8.83. The predicted octanol–water partition coefficient (Wildman–Crippen LogP) is 4.57. The minimum absolute atomic E-state index is 0.588. The topological polar surface area (TPSA) is 33.0 Å². The summed E-state index contributed by atoms with van der Waals surface area (Å²) in [4.78, 5) is 0. The van der Waals surface area contributed by atoms with Crippen LogP contribution in [0.15, 0.2) is 36.4 Å². The van der Waals surface area contributed by atoms with Crippen LogP contribution >= 0.6 is 11.6 Å². The van der Waals surface area contributed by atoms with Gasteiger partial charge in [-0.3, -0.25) is 0 Å². The van der Waals surface area contributed by atoms with Crippen molar-refractivity contribution in [2.45, 2.75) is 19.3 Å². The number of benzene rings is 2. The van der Waals surface area contributed by atoms with Crippen LogP contribution in [-0.4, -0.2) is 6.61 Å². The van der Waals surface area contributed by atoms with Crippen molar-refractivity contribution in [3.63, 3.8) is 0 Å². The third kappa shape index (κ3) is 2.94. The average molecular weight is 260 g/mol. The number of nitrogens with zero attached hydrogens (tertiary/aromatic N) is 1. The molecule has 2 nitrogen and oxygen atoms in total. The Labute approximate surface area is 112 Å². The largest absolute Gasteiger partial charge is 0.493 e. The molecule has 0 heterocycles. The van der Waals surface area contributed by atoms with Crippen LogP contribution in [0.2, 0.25) is 5.02 Å². The number of halogens is 1. The monoisotopic (exact) mass is 259 g/mol. The Kier molecular flexibility index (Phi) is 4.44. The average Bonchev–Trinajstić information content (AvgIpc) is 2.41. The summed E-state index contributed by atoms with van der Waals surface area (Å²) in [5, 5.41) is 11.2. The van der Waals surface area contributed by atoms with E-state index in [2.05, 4.69) is 6.07 Å². The van der Waals surface area contributed by atoms with Crippen molar-refractivity contribution in [1.29, 1.82) is 5.26 Å². The molecule has 0 saturated heterocycles. The number of rotatable bonds is 5. The van der Waals surface area contributed by atoms with E-state index in [0.29, 0.717) is 13.0 Å². The number of fused-ring (bicyclic) bond motifs is 1. The highest BCUT2D eigenvalue weighted by Crippen LogP contribution is 2.31. The maximum absolute atomic E-state index is 8.45. The van der Waals surface area contributed by atoms with E-state index in [1.165, 1.54) is 0 Å². The van der Waals surface area contributed by atoms with Gasteiger partial charge < -0.3 is 4.74 Å². The van der Waals surface area contributed by atoms with Crippen LogP contribution in [0.1, 0.15) is 19.3 Å². The van der Waals surface area contributed by atoms with Gasteiger partial charge >= 0.3 is 0 Å². The molecule has 0 bridgehead atoms. The molecular formula is C15H14ClNO. The Bertz CT molecular complexity index is 574. The van der Waals surface area contributed by atoms with Gasteiger partial charge in [-0.15, -0.1) is 0 Å². The first-order valence-electron chi connectivity index (χ1n) is 6.00. The number of unbranched alkanes of at least 4 members (excludes halogenated alkanes) is 2. The zero-order chi connectivity index (χ0) is 12.8. The quantitative estimate of drug-likeness (QED) is 0.737. The van der Waals surface area contributed by atoms with Gasteiger partial charge in [0.1, 0.15) is 5.75 Å². The Morgan fingerprint density at radius 1 is 1.06 bits per heavy atom. The van der Waals surface area contributed by atoms with Crippen molar-refractivity contribution in [3.05, 3.63) is 41.4 Å². The predicted molar refractivity (Wildman–Crippen MR) is 73.9 cm³/mol. The zero-order valence-electron chi connectivity index (χ0n) is 10.0. The first kappa shape index (κ1) is 12.7. The lowest BCUT2D eigenvalue weighted by Gasteiger charge is -2.09. The fraction of sp³-hybridized carbons (Fsp3) is 0.267. The second kappa shape index (κ2) is 6.28. The molecule has 0 radical (unpaired) electrons. The van der Waals surface area contributed by atoms with Gasteiger partial charge in [0.05, 0.1) is 12.7 Å². The van der Waals surface area contributed by atoms with E-state index >= 15 is 0 Å². The lowest BCUT2D eigenvalue weighted by Crippen LogP contribution is -1.97. The molecule has 0 aliphatic heterocycles. The van der Waals surface area contributed by atoms with Gasteiger partial charge in [-0.1, -0.05) is 35.9 Å². The van der Waals surface area contributed by atoms with Crippen LogP contribution in [-0.2, 0) is 0 Å². The fourth-order valence-corrected chi connectivity index (χ4v) is 2.08. The molecule has 2 rings (SSSR count). The Morgan fingerprint density at radius 2 is 1.83 bits per heavy atom. The highest BCUT2D eigenvalue weighted by Gasteiger charge is 2.04. The summed E-state index contributed by atoms with van der Waals surface area (Å²) >= 11 is 6.14. The van der Waals surface area contributed by atoms with Crippen LogP contribution in [0.3, 0.4) is 0 Å². The third-order valence-electron chi connectivity index (χ3n) is 2.77. The van der Waals surface area contributed by atoms with Gasteiger partial charge in [0, 0.05) is 22.2 Å². The molecule has 92 valence electrons. The summed E-state index contributed by atoms with van der Waals surface area (Å²) in [6.45, 7) is 0.632. The highest BCUT2D eigenvalue weighted by atomic mass is 35.5. The molecule has 0 spiro atoms. The SMILES string of the molecule is N#CCCCCOc1ccc(Cl)c2ccccc12.